The van der Waals surface area contributed by atoms with Crippen LogP contribution in [0.2, 0.25) is 0 Å². The van der Waals surface area contributed by atoms with Gasteiger partial charge < -0.3 is 19.9 Å². The molecule has 0 radical (unpaired) electrons. The molecule has 1 aromatic carbocycles. The van der Waals surface area contributed by atoms with Crippen LogP contribution in [0, 0.1) is 0 Å². The first-order valence-electron chi connectivity index (χ1n) is 13.1. The summed E-state index contributed by atoms with van der Waals surface area (Å²) in [7, 11) is 0. The lowest BCUT2D eigenvalue weighted by molar-refractivity contribution is 0.149. The smallest absolute Gasteiger partial charge is 0.325 e. The summed E-state index contributed by atoms with van der Waals surface area (Å²) >= 11 is 0. The monoisotopic (exact) mass is 454 g/mol. The second kappa shape index (κ2) is 11.4. The van der Waals surface area contributed by atoms with Crippen molar-refractivity contribution in [3.63, 3.8) is 0 Å². The Morgan fingerprint density at radius 1 is 1.06 bits per heavy atom. The van der Waals surface area contributed by atoms with Crippen LogP contribution in [-0.2, 0) is 0 Å². The van der Waals surface area contributed by atoms with Gasteiger partial charge >= 0.3 is 6.03 Å². The average Bonchev–Trinajstić information content (AvgIpc) is 3.45. The largest absolute Gasteiger partial charge is 0.486 e. The third kappa shape index (κ3) is 5.90. The highest BCUT2D eigenvalue weighted by Gasteiger charge is 2.40. The number of carbonyl (C=O) groups is 1. The summed E-state index contributed by atoms with van der Waals surface area (Å²) in [5, 5.41) is 3.75. The lowest BCUT2D eigenvalue weighted by atomic mass is 9.90. The number of allylic oxidation sites excluding steroid dienone is 1. The highest BCUT2D eigenvalue weighted by atomic mass is 16.5. The van der Waals surface area contributed by atoms with Gasteiger partial charge in [-0.25, -0.2) is 4.79 Å². The van der Waals surface area contributed by atoms with Crippen molar-refractivity contribution in [1.29, 1.82) is 0 Å². The van der Waals surface area contributed by atoms with E-state index in [0.717, 1.165) is 82.7 Å². The first-order chi connectivity index (χ1) is 16.1. The van der Waals surface area contributed by atoms with Gasteiger partial charge in [0, 0.05) is 43.4 Å². The van der Waals surface area contributed by atoms with Crippen molar-refractivity contribution >= 4 is 11.7 Å². The topological polar surface area (TPSA) is 48.0 Å². The summed E-state index contributed by atoms with van der Waals surface area (Å²) < 4.78 is 6.01. The molecule has 1 heterocycles. The molecule has 1 saturated carbocycles. The molecule has 4 rings (SSSR count). The minimum Gasteiger partial charge on any atom is -0.486 e. The van der Waals surface area contributed by atoms with Crippen LogP contribution in [-0.4, -0.2) is 72.8 Å². The predicted octanol–water partition coefficient (Wildman–Crippen LogP) is 4.66. The van der Waals surface area contributed by atoms with Gasteiger partial charge in [0.05, 0.1) is 0 Å². The number of hydrogen-bond acceptors (Lipinski definition) is 4. The quantitative estimate of drug-likeness (QED) is 0.523. The molecule has 6 nitrogen and oxygen atoms in total. The molecule has 0 bridgehead atoms. The summed E-state index contributed by atoms with van der Waals surface area (Å²) in [6.07, 6.45) is 11.1. The van der Waals surface area contributed by atoms with E-state index in [1.165, 1.54) is 0 Å². The van der Waals surface area contributed by atoms with Gasteiger partial charge in [0.25, 0.3) is 0 Å². The number of carbonyl (C=O) groups excluding carboxylic acids is 1. The number of rotatable bonds is 10. The molecular weight excluding hydrogens is 412 g/mol. The Hall–Kier alpha value is -2.05. The van der Waals surface area contributed by atoms with Gasteiger partial charge in [-0.3, -0.25) is 4.90 Å². The highest BCUT2D eigenvalue weighted by Crippen LogP contribution is 2.32. The molecule has 2 aliphatic carbocycles. The molecular formula is C27H42N4O2. The van der Waals surface area contributed by atoms with E-state index in [1.54, 1.807) is 0 Å². The molecule has 3 aliphatic rings. The first kappa shape index (κ1) is 24.1. The van der Waals surface area contributed by atoms with Gasteiger partial charge in [-0.2, -0.15) is 0 Å². The second-order valence-electron chi connectivity index (χ2n) is 9.79. The van der Waals surface area contributed by atoms with Crippen molar-refractivity contribution in [2.24, 2.45) is 0 Å². The van der Waals surface area contributed by atoms with E-state index in [-0.39, 0.29) is 18.2 Å². The van der Waals surface area contributed by atoms with Crippen LogP contribution in [0.15, 0.2) is 36.4 Å². The van der Waals surface area contributed by atoms with Crippen LogP contribution >= 0.6 is 0 Å². The molecule has 1 aliphatic heterocycles. The fourth-order valence-corrected chi connectivity index (χ4v) is 5.60. The van der Waals surface area contributed by atoms with Crippen molar-refractivity contribution in [3.05, 3.63) is 36.4 Å². The standard InChI is InChI=1S/C27H42N4O2/c1-4-29(5-2)19-18-28-22-10-12-24(13-11-22)31-21(3)20-30(27(31)32)23-14-16-26(17-15-23)33-25-8-6-7-9-25/h6,8,14-17,21-22,24-25,28H,4-5,7,9-13,18-20H2,1-3H3. The van der Waals surface area contributed by atoms with Crippen LogP contribution in [0.3, 0.4) is 0 Å². The first-order valence-corrected chi connectivity index (χ1v) is 13.1. The number of nitrogens with zero attached hydrogens (tertiary/aromatic N) is 3. The van der Waals surface area contributed by atoms with Gasteiger partial charge in [-0.15, -0.1) is 0 Å². The van der Waals surface area contributed by atoms with E-state index in [4.69, 9.17) is 4.74 Å². The van der Waals surface area contributed by atoms with Crippen LogP contribution in [0.5, 0.6) is 5.75 Å². The van der Waals surface area contributed by atoms with Crippen LogP contribution in [0.4, 0.5) is 10.5 Å². The van der Waals surface area contributed by atoms with Gasteiger partial charge in [0.15, 0.2) is 0 Å². The Balaban J connectivity index is 1.27. The average molecular weight is 455 g/mol. The molecule has 2 unspecified atom stereocenters. The van der Waals surface area contributed by atoms with Gasteiger partial charge in [-0.1, -0.05) is 19.9 Å². The fourth-order valence-electron chi connectivity index (χ4n) is 5.60. The Labute approximate surface area is 199 Å². The maximum absolute atomic E-state index is 13.4. The zero-order valence-corrected chi connectivity index (χ0v) is 20.7. The van der Waals surface area contributed by atoms with Gasteiger partial charge in [-0.05, 0) is 88.9 Å². The van der Waals surface area contributed by atoms with Crippen molar-refractivity contribution in [1.82, 2.24) is 15.1 Å². The lowest BCUT2D eigenvalue weighted by Gasteiger charge is -2.37. The van der Waals surface area contributed by atoms with Crippen molar-refractivity contribution in [2.45, 2.75) is 83.5 Å². The molecule has 1 N–H and O–H groups in total. The van der Waals surface area contributed by atoms with E-state index in [1.807, 2.05) is 29.2 Å². The van der Waals surface area contributed by atoms with E-state index in [9.17, 15) is 4.79 Å². The summed E-state index contributed by atoms with van der Waals surface area (Å²) in [5.41, 5.74) is 0.968. The zero-order chi connectivity index (χ0) is 23.2. The maximum Gasteiger partial charge on any atom is 0.325 e. The maximum atomic E-state index is 13.4. The second-order valence-corrected chi connectivity index (χ2v) is 9.79. The Morgan fingerprint density at radius 3 is 2.42 bits per heavy atom. The molecule has 0 spiro atoms. The minimum absolute atomic E-state index is 0.160. The Kier molecular flexibility index (Phi) is 8.31. The molecule has 182 valence electrons. The zero-order valence-electron chi connectivity index (χ0n) is 20.7. The summed E-state index contributed by atoms with van der Waals surface area (Å²) in [5.74, 6) is 0.874. The third-order valence-corrected chi connectivity index (χ3v) is 7.62. The molecule has 2 fully saturated rings. The number of benzene rings is 1. The summed E-state index contributed by atoms with van der Waals surface area (Å²) in [4.78, 5) is 19.9. The van der Waals surface area contributed by atoms with E-state index >= 15 is 0 Å². The van der Waals surface area contributed by atoms with E-state index < -0.39 is 0 Å². The molecule has 33 heavy (non-hydrogen) atoms. The number of urea groups is 1. The number of hydrogen-bond donors (Lipinski definition) is 1. The van der Waals surface area contributed by atoms with Gasteiger partial charge in [0.1, 0.15) is 11.9 Å². The molecule has 0 aromatic heterocycles. The number of likely N-dealkylation sites (N-methyl/N-ethyl adjacent to an activating group) is 1. The molecule has 2 amide bonds. The Morgan fingerprint density at radius 2 is 1.79 bits per heavy atom. The lowest BCUT2D eigenvalue weighted by Crippen LogP contribution is -2.47. The Bertz CT molecular complexity index is 784. The molecule has 2 atom stereocenters. The van der Waals surface area contributed by atoms with E-state index in [0.29, 0.717) is 12.1 Å². The third-order valence-electron chi connectivity index (χ3n) is 7.62. The number of amides is 2. The van der Waals surface area contributed by atoms with Crippen LogP contribution < -0.4 is 15.0 Å². The normalized spacial score (nSPS) is 27.7. The number of ether oxygens (including phenoxy) is 1. The van der Waals surface area contributed by atoms with Crippen LogP contribution in [0.1, 0.15) is 59.3 Å². The van der Waals surface area contributed by atoms with E-state index in [2.05, 4.69) is 48.0 Å². The summed E-state index contributed by atoms with van der Waals surface area (Å²) in [6.45, 7) is 11.8. The molecule has 1 aromatic rings. The summed E-state index contributed by atoms with van der Waals surface area (Å²) in [6, 6.07) is 9.40. The predicted molar refractivity (Wildman–Crippen MR) is 135 cm³/mol. The van der Waals surface area contributed by atoms with Crippen molar-refractivity contribution in [2.75, 3.05) is 37.6 Å². The molecule has 1 saturated heterocycles. The van der Waals surface area contributed by atoms with Crippen LogP contribution in [0.25, 0.3) is 0 Å². The number of nitrogens with one attached hydrogen (secondary N) is 1. The minimum atomic E-state index is 0.160. The van der Waals surface area contributed by atoms with Gasteiger partial charge in [0.2, 0.25) is 0 Å². The fraction of sp³-hybridized carbons (Fsp3) is 0.667. The molecule has 6 heteroatoms. The number of anilines is 1. The SMILES string of the molecule is CCN(CC)CCNC1CCC(N2C(=O)N(c3ccc(OC4C=CCC4)cc3)CC2C)CC1. The van der Waals surface area contributed by atoms with Crippen molar-refractivity contribution < 1.29 is 9.53 Å². The van der Waals surface area contributed by atoms with Crippen molar-refractivity contribution in [3.8, 4) is 5.75 Å². The highest BCUT2D eigenvalue weighted by molar-refractivity contribution is 5.94.